The fourth-order valence-corrected chi connectivity index (χ4v) is 5.93. The predicted octanol–water partition coefficient (Wildman–Crippen LogP) is 5.21. The van der Waals surface area contributed by atoms with Crippen LogP contribution in [-0.4, -0.2) is 21.7 Å². The fourth-order valence-electron chi connectivity index (χ4n) is 4.92. The molecule has 4 heterocycles. The highest BCUT2D eigenvalue weighted by molar-refractivity contribution is 8.03. The lowest BCUT2D eigenvalue weighted by molar-refractivity contribution is 0.234. The molecule has 0 spiro atoms. The van der Waals surface area contributed by atoms with Gasteiger partial charge in [0.1, 0.15) is 0 Å². The normalized spacial score (nSPS) is 27.4. The van der Waals surface area contributed by atoms with Crippen LogP contribution in [0, 0.1) is 5.92 Å². The zero-order valence-corrected chi connectivity index (χ0v) is 15.5. The highest BCUT2D eigenvalue weighted by Crippen LogP contribution is 2.47. The van der Waals surface area contributed by atoms with E-state index in [2.05, 4.69) is 47.5 Å². The maximum atomic E-state index is 3.92. The molecule has 24 heavy (non-hydrogen) atoms. The van der Waals surface area contributed by atoms with Crippen LogP contribution in [0.5, 0.6) is 0 Å². The van der Waals surface area contributed by atoms with Crippen LogP contribution in [0.2, 0.25) is 0 Å². The number of thioether (sulfide) groups is 1. The standard InChI is InChI=1S/C21H26N2S/c1-13(2)10-14-4-3-5-16-17-6-8-23-12-15-7-9-24-19(15)11-18(23)21(17)22-20(14)16/h4,7,9,12-13,18-19,22H,3,5-6,8,10-11H2,1-2H3/t18?,19-/m0/s1. The number of H-pyrrole nitrogens is 1. The van der Waals surface area contributed by atoms with Gasteiger partial charge >= 0.3 is 0 Å². The van der Waals surface area contributed by atoms with Gasteiger partial charge in [-0.25, -0.2) is 0 Å². The summed E-state index contributed by atoms with van der Waals surface area (Å²) in [4.78, 5) is 6.52. The number of hydrogen-bond acceptors (Lipinski definition) is 2. The van der Waals surface area contributed by atoms with Crippen molar-refractivity contribution in [1.29, 1.82) is 0 Å². The Hall–Kier alpha value is -1.35. The molecular weight excluding hydrogens is 312 g/mol. The van der Waals surface area contributed by atoms with Gasteiger partial charge in [0.25, 0.3) is 0 Å². The number of nitrogens with one attached hydrogen (secondary N) is 1. The second kappa shape index (κ2) is 5.59. The largest absolute Gasteiger partial charge is 0.368 e. The monoisotopic (exact) mass is 338 g/mol. The van der Waals surface area contributed by atoms with Crippen molar-refractivity contribution in [2.75, 3.05) is 6.54 Å². The van der Waals surface area contributed by atoms with Crippen LogP contribution >= 0.6 is 11.8 Å². The van der Waals surface area contributed by atoms with Crippen molar-refractivity contribution in [2.24, 2.45) is 5.92 Å². The molecule has 126 valence electrons. The average Bonchev–Trinajstić information content (AvgIpc) is 3.16. The van der Waals surface area contributed by atoms with Crippen LogP contribution in [0.25, 0.3) is 5.57 Å². The molecule has 3 heteroatoms. The average molecular weight is 339 g/mol. The zero-order valence-electron chi connectivity index (χ0n) is 14.6. The zero-order chi connectivity index (χ0) is 16.3. The quantitative estimate of drug-likeness (QED) is 0.798. The van der Waals surface area contributed by atoms with Crippen LogP contribution in [0.1, 0.15) is 61.7 Å². The lowest BCUT2D eigenvalue weighted by Gasteiger charge is -2.40. The van der Waals surface area contributed by atoms with Crippen molar-refractivity contribution >= 4 is 17.3 Å². The molecule has 1 aromatic heterocycles. The Bertz CT molecular complexity index is 765. The van der Waals surface area contributed by atoms with Gasteiger partial charge in [-0.1, -0.05) is 26.0 Å². The summed E-state index contributed by atoms with van der Waals surface area (Å²) in [5.41, 5.74) is 9.41. The molecule has 0 saturated heterocycles. The summed E-state index contributed by atoms with van der Waals surface area (Å²) in [5.74, 6) is 0.722. The van der Waals surface area contributed by atoms with E-state index in [1.54, 1.807) is 16.7 Å². The van der Waals surface area contributed by atoms with Gasteiger partial charge < -0.3 is 9.88 Å². The van der Waals surface area contributed by atoms with Crippen molar-refractivity contribution < 1.29 is 0 Å². The van der Waals surface area contributed by atoms with Crippen LogP contribution in [0.15, 0.2) is 29.3 Å². The number of aromatic amines is 1. The maximum absolute atomic E-state index is 3.92. The maximum Gasteiger partial charge on any atom is 0.0703 e. The van der Waals surface area contributed by atoms with Gasteiger partial charge in [0.05, 0.1) is 6.04 Å². The Kier molecular flexibility index (Phi) is 3.48. The molecule has 2 nitrogen and oxygen atoms in total. The minimum absolute atomic E-state index is 0.556. The van der Waals surface area contributed by atoms with Crippen LogP contribution in [0.3, 0.4) is 0 Å². The molecule has 0 radical (unpaired) electrons. The third kappa shape index (κ3) is 2.24. The molecule has 0 aromatic carbocycles. The first-order valence-electron chi connectivity index (χ1n) is 9.43. The topological polar surface area (TPSA) is 19.0 Å². The molecule has 5 rings (SSSR count). The molecule has 0 fully saturated rings. The van der Waals surface area contributed by atoms with E-state index in [0.717, 1.165) is 5.92 Å². The number of rotatable bonds is 2. The second-order valence-corrected chi connectivity index (χ2v) is 9.15. The molecule has 1 unspecified atom stereocenters. The van der Waals surface area contributed by atoms with E-state index in [-0.39, 0.29) is 0 Å². The Labute approximate surface area is 149 Å². The number of aromatic nitrogens is 1. The highest BCUT2D eigenvalue weighted by atomic mass is 32.2. The summed E-state index contributed by atoms with van der Waals surface area (Å²) in [6.07, 6.45) is 13.3. The van der Waals surface area contributed by atoms with Gasteiger partial charge in [0.2, 0.25) is 0 Å². The summed E-state index contributed by atoms with van der Waals surface area (Å²) in [6, 6.07) is 0.556. The smallest absolute Gasteiger partial charge is 0.0703 e. The molecule has 1 aromatic rings. The highest BCUT2D eigenvalue weighted by Gasteiger charge is 2.37. The van der Waals surface area contributed by atoms with E-state index in [4.69, 9.17) is 0 Å². The van der Waals surface area contributed by atoms with Gasteiger partial charge in [-0.3, -0.25) is 0 Å². The molecule has 1 N–H and O–H groups in total. The third-order valence-electron chi connectivity index (χ3n) is 5.97. The third-order valence-corrected chi connectivity index (χ3v) is 7.05. The van der Waals surface area contributed by atoms with Crippen molar-refractivity contribution in [3.63, 3.8) is 0 Å². The van der Waals surface area contributed by atoms with Gasteiger partial charge in [-0.15, -0.1) is 11.8 Å². The van der Waals surface area contributed by atoms with E-state index in [1.807, 2.05) is 11.8 Å². The van der Waals surface area contributed by atoms with Crippen molar-refractivity contribution in [1.82, 2.24) is 9.88 Å². The molecule has 0 bridgehead atoms. The first-order valence-corrected chi connectivity index (χ1v) is 10.4. The Balaban J connectivity index is 1.54. The Morgan fingerprint density at radius 3 is 3.08 bits per heavy atom. The van der Waals surface area contributed by atoms with E-state index < -0.39 is 0 Å². The van der Waals surface area contributed by atoms with Gasteiger partial charge in [0, 0.05) is 29.4 Å². The van der Waals surface area contributed by atoms with Gasteiger partial charge in [-0.2, -0.15) is 0 Å². The first kappa shape index (κ1) is 14.9. The molecule has 2 atom stereocenters. The molecule has 0 amide bonds. The summed E-state index contributed by atoms with van der Waals surface area (Å²) >= 11 is 2.00. The van der Waals surface area contributed by atoms with Gasteiger partial charge in [-0.05, 0) is 65.7 Å². The molecule has 4 aliphatic rings. The van der Waals surface area contributed by atoms with Crippen molar-refractivity contribution in [3.05, 3.63) is 51.8 Å². The molecule has 0 saturated carbocycles. The number of allylic oxidation sites excluding steroid dienone is 3. The van der Waals surface area contributed by atoms with E-state index in [9.17, 15) is 0 Å². The molecule has 3 aliphatic heterocycles. The summed E-state index contributed by atoms with van der Waals surface area (Å²) in [7, 11) is 0. The van der Waals surface area contributed by atoms with E-state index in [1.165, 1.54) is 55.6 Å². The van der Waals surface area contributed by atoms with Crippen LogP contribution in [0.4, 0.5) is 0 Å². The second-order valence-electron chi connectivity index (χ2n) is 8.03. The number of fused-ring (bicyclic) bond motifs is 6. The van der Waals surface area contributed by atoms with Crippen LogP contribution < -0.4 is 0 Å². The molecular formula is C21H26N2S. The minimum Gasteiger partial charge on any atom is -0.368 e. The lowest BCUT2D eigenvalue weighted by atomic mass is 9.86. The summed E-state index contributed by atoms with van der Waals surface area (Å²) < 4.78 is 0. The summed E-state index contributed by atoms with van der Waals surface area (Å²) in [5, 5.41) is 2.95. The number of hydrogen-bond donors (Lipinski definition) is 1. The van der Waals surface area contributed by atoms with Crippen LogP contribution in [-0.2, 0) is 12.8 Å². The van der Waals surface area contributed by atoms with E-state index in [0.29, 0.717) is 11.3 Å². The minimum atomic E-state index is 0.556. The summed E-state index contributed by atoms with van der Waals surface area (Å²) in [6.45, 7) is 5.84. The first-order chi connectivity index (χ1) is 11.7. The van der Waals surface area contributed by atoms with Crippen molar-refractivity contribution in [2.45, 2.75) is 57.2 Å². The lowest BCUT2D eigenvalue weighted by Crippen LogP contribution is -2.36. The predicted molar refractivity (Wildman–Crippen MR) is 103 cm³/mol. The Morgan fingerprint density at radius 2 is 2.21 bits per heavy atom. The van der Waals surface area contributed by atoms with Crippen molar-refractivity contribution in [3.8, 4) is 0 Å². The fraction of sp³-hybridized carbons (Fsp3) is 0.524. The van der Waals surface area contributed by atoms with E-state index >= 15 is 0 Å². The number of nitrogens with zero attached hydrogens (tertiary/aromatic N) is 1. The van der Waals surface area contributed by atoms with Gasteiger partial charge in [0.15, 0.2) is 0 Å². The Morgan fingerprint density at radius 1 is 1.29 bits per heavy atom. The molecule has 1 aliphatic carbocycles. The SMILES string of the molecule is CC(C)CC1=CCCc2c1[nH]c1c2CCN2C=C3C=CS[C@H]3CC12.